The van der Waals surface area contributed by atoms with Crippen molar-refractivity contribution < 1.29 is 9.53 Å². The Hall–Kier alpha value is -1.69. The molecule has 0 radical (unpaired) electrons. The normalized spacial score (nSPS) is 15.7. The second-order valence-corrected chi connectivity index (χ2v) is 6.94. The molecule has 0 fully saturated rings. The van der Waals surface area contributed by atoms with Gasteiger partial charge in [0.25, 0.3) is 0 Å². The van der Waals surface area contributed by atoms with Crippen molar-refractivity contribution in [3.05, 3.63) is 57.8 Å². The van der Waals surface area contributed by atoms with Gasteiger partial charge in [0, 0.05) is 31.1 Å². The molecule has 1 aliphatic heterocycles. The van der Waals surface area contributed by atoms with Crippen LogP contribution < -0.4 is 5.32 Å². The average Bonchev–Trinajstić information content (AvgIpc) is 3.14. The smallest absolute Gasteiger partial charge is 0.246 e. The fourth-order valence-electron chi connectivity index (χ4n) is 3.13. The summed E-state index contributed by atoms with van der Waals surface area (Å²) in [4.78, 5) is 15.7. The number of nitrogens with zero attached hydrogens (tertiary/aromatic N) is 1. The molecular weight excluding hydrogens is 320 g/mol. The van der Waals surface area contributed by atoms with Crippen molar-refractivity contribution in [2.75, 3.05) is 26.3 Å². The summed E-state index contributed by atoms with van der Waals surface area (Å²) < 4.78 is 5.19. The maximum atomic E-state index is 11.9. The van der Waals surface area contributed by atoms with Crippen molar-refractivity contribution in [1.82, 2.24) is 10.2 Å². The first-order valence-corrected chi connectivity index (χ1v) is 9.34. The van der Waals surface area contributed by atoms with Gasteiger partial charge in [-0.15, -0.1) is 11.3 Å². The fraction of sp³-hybridized carbons (Fsp3) is 0.421. The first kappa shape index (κ1) is 17.1. The molecular formula is C19H24N2O2S. The van der Waals surface area contributed by atoms with Crippen molar-refractivity contribution >= 4 is 17.2 Å². The highest BCUT2D eigenvalue weighted by atomic mass is 32.1. The van der Waals surface area contributed by atoms with Crippen LogP contribution in [-0.2, 0) is 22.5 Å². The van der Waals surface area contributed by atoms with Crippen LogP contribution in [0.3, 0.4) is 0 Å². The van der Waals surface area contributed by atoms with Crippen LogP contribution in [0.25, 0.3) is 0 Å². The zero-order valence-electron chi connectivity index (χ0n) is 14.0. The molecule has 1 N–H and O–H groups in total. The van der Waals surface area contributed by atoms with Crippen LogP contribution in [-0.4, -0.2) is 37.1 Å². The maximum absolute atomic E-state index is 11.9. The van der Waals surface area contributed by atoms with Crippen molar-refractivity contribution in [2.45, 2.75) is 25.9 Å². The standard InChI is InChI=1S/C19H24N2O2S/c1-2-23-14-19(22)20-12-17(18-8-5-11-24-18)21-10-9-15-6-3-4-7-16(15)13-21/h3-8,11,17H,2,9-10,12-14H2,1H3,(H,20,22)/t17-/m0/s1. The summed E-state index contributed by atoms with van der Waals surface area (Å²) in [5.74, 6) is -0.0455. The molecule has 2 aromatic rings. The van der Waals surface area contributed by atoms with Gasteiger partial charge in [0.15, 0.2) is 0 Å². The minimum Gasteiger partial charge on any atom is -0.372 e. The van der Waals surface area contributed by atoms with Gasteiger partial charge in [0.2, 0.25) is 5.91 Å². The van der Waals surface area contributed by atoms with Gasteiger partial charge in [0.05, 0.1) is 6.04 Å². The molecule has 0 saturated carbocycles. The van der Waals surface area contributed by atoms with Crippen LogP contribution in [0.5, 0.6) is 0 Å². The van der Waals surface area contributed by atoms with Gasteiger partial charge in [-0.2, -0.15) is 0 Å². The lowest BCUT2D eigenvalue weighted by Gasteiger charge is -2.35. The van der Waals surface area contributed by atoms with E-state index in [1.807, 2.05) is 6.92 Å². The molecule has 5 heteroatoms. The largest absolute Gasteiger partial charge is 0.372 e. The number of ether oxygens (including phenoxy) is 1. The van der Waals surface area contributed by atoms with Crippen LogP contribution in [0, 0.1) is 0 Å². The fourth-order valence-corrected chi connectivity index (χ4v) is 3.99. The van der Waals surface area contributed by atoms with Gasteiger partial charge in [0.1, 0.15) is 6.61 Å². The van der Waals surface area contributed by atoms with E-state index in [2.05, 4.69) is 52.0 Å². The molecule has 0 saturated heterocycles. The third-order valence-corrected chi connectivity index (χ3v) is 5.38. The summed E-state index contributed by atoms with van der Waals surface area (Å²) >= 11 is 1.75. The highest BCUT2D eigenvalue weighted by molar-refractivity contribution is 7.10. The average molecular weight is 344 g/mol. The molecule has 24 heavy (non-hydrogen) atoms. The Bertz CT molecular complexity index is 657. The lowest BCUT2D eigenvalue weighted by atomic mass is 9.98. The number of benzene rings is 1. The lowest BCUT2D eigenvalue weighted by molar-refractivity contribution is -0.125. The molecule has 1 aromatic heterocycles. The summed E-state index contributed by atoms with van der Waals surface area (Å²) in [6, 6.07) is 13.1. The van der Waals surface area contributed by atoms with Crippen molar-refractivity contribution in [3.63, 3.8) is 0 Å². The first-order chi connectivity index (χ1) is 11.8. The number of hydrogen-bond acceptors (Lipinski definition) is 4. The van der Waals surface area contributed by atoms with Gasteiger partial charge < -0.3 is 10.1 Å². The summed E-state index contributed by atoms with van der Waals surface area (Å²) in [6.07, 6.45) is 1.06. The molecule has 3 rings (SSSR count). The Morgan fingerprint density at radius 1 is 1.29 bits per heavy atom. The number of fused-ring (bicyclic) bond motifs is 1. The SMILES string of the molecule is CCOCC(=O)NC[C@@H](c1cccs1)N1CCc2ccccc2C1. The third kappa shape index (κ3) is 4.23. The summed E-state index contributed by atoms with van der Waals surface area (Å²) in [7, 11) is 0. The molecule has 0 aliphatic carbocycles. The van der Waals surface area contributed by atoms with Gasteiger partial charge in [-0.05, 0) is 35.9 Å². The topological polar surface area (TPSA) is 41.6 Å². The Kier molecular flexibility index (Phi) is 6.01. The molecule has 0 bridgehead atoms. The number of carbonyl (C=O) groups excluding carboxylic acids is 1. The Balaban J connectivity index is 1.68. The molecule has 0 spiro atoms. The monoisotopic (exact) mass is 344 g/mol. The maximum Gasteiger partial charge on any atom is 0.246 e. The van der Waals surface area contributed by atoms with E-state index >= 15 is 0 Å². The van der Waals surface area contributed by atoms with E-state index in [0.717, 1.165) is 19.5 Å². The molecule has 1 amide bonds. The quantitative estimate of drug-likeness (QED) is 0.839. The summed E-state index contributed by atoms with van der Waals surface area (Å²) in [5.41, 5.74) is 2.84. The van der Waals surface area contributed by atoms with E-state index in [1.54, 1.807) is 11.3 Å². The summed E-state index contributed by atoms with van der Waals surface area (Å²) in [5, 5.41) is 5.13. The van der Waals surface area contributed by atoms with Crippen LogP contribution >= 0.6 is 11.3 Å². The summed E-state index contributed by atoms with van der Waals surface area (Å²) in [6.45, 7) is 5.16. The number of amides is 1. The van der Waals surface area contributed by atoms with Crippen molar-refractivity contribution in [2.24, 2.45) is 0 Å². The number of hydrogen-bond donors (Lipinski definition) is 1. The number of nitrogens with one attached hydrogen (secondary N) is 1. The van der Waals surface area contributed by atoms with Crippen molar-refractivity contribution in [1.29, 1.82) is 0 Å². The van der Waals surface area contributed by atoms with E-state index in [4.69, 9.17) is 4.74 Å². The van der Waals surface area contributed by atoms with E-state index in [9.17, 15) is 4.79 Å². The first-order valence-electron chi connectivity index (χ1n) is 8.46. The van der Waals surface area contributed by atoms with Crippen LogP contribution in [0.1, 0.15) is 29.0 Å². The molecule has 4 nitrogen and oxygen atoms in total. The second-order valence-electron chi connectivity index (χ2n) is 5.96. The highest BCUT2D eigenvalue weighted by Crippen LogP contribution is 2.29. The predicted molar refractivity (Wildman–Crippen MR) is 97.1 cm³/mol. The van der Waals surface area contributed by atoms with Crippen LogP contribution in [0.15, 0.2) is 41.8 Å². The number of carbonyl (C=O) groups is 1. The van der Waals surface area contributed by atoms with Crippen molar-refractivity contribution in [3.8, 4) is 0 Å². The molecule has 2 heterocycles. The Morgan fingerprint density at radius 2 is 2.12 bits per heavy atom. The zero-order chi connectivity index (χ0) is 16.8. The minimum absolute atomic E-state index is 0.0455. The molecule has 1 aromatic carbocycles. The van der Waals surface area contributed by atoms with Gasteiger partial charge in [-0.3, -0.25) is 9.69 Å². The highest BCUT2D eigenvalue weighted by Gasteiger charge is 2.25. The molecule has 1 aliphatic rings. The van der Waals surface area contributed by atoms with E-state index in [-0.39, 0.29) is 18.6 Å². The third-order valence-electron chi connectivity index (χ3n) is 4.40. The van der Waals surface area contributed by atoms with Crippen LogP contribution in [0.4, 0.5) is 0 Å². The molecule has 1 atom stereocenters. The van der Waals surface area contributed by atoms with E-state index < -0.39 is 0 Å². The lowest BCUT2D eigenvalue weighted by Crippen LogP contribution is -2.41. The molecule has 0 unspecified atom stereocenters. The minimum atomic E-state index is -0.0455. The van der Waals surface area contributed by atoms with Gasteiger partial charge in [-0.25, -0.2) is 0 Å². The Morgan fingerprint density at radius 3 is 2.88 bits per heavy atom. The second kappa shape index (κ2) is 8.42. The number of thiophene rings is 1. The van der Waals surface area contributed by atoms with Gasteiger partial charge >= 0.3 is 0 Å². The number of rotatable bonds is 7. The van der Waals surface area contributed by atoms with Gasteiger partial charge in [-0.1, -0.05) is 30.3 Å². The van der Waals surface area contributed by atoms with E-state index in [1.165, 1.54) is 16.0 Å². The molecule has 128 valence electrons. The predicted octanol–water partition coefficient (Wildman–Crippen LogP) is 3.00. The Labute approximate surface area is 147 Å². The van der Waals surface area contributed by atoms with E-state index in [0.29, 0.717) is 13.2 Å². The van der Waals surface area contributed by atoms with Crippen LogP contribution in [0.2, 0.25) is 0 Å². The zero-order valence-corrected chi connectivity index (χ0v) is 14.8.